The van der Waals surface area contributed by atoms with E-state index in [-0.39, 0.29) is 16.5 Å². The third kappa shape index (κ3) is 4.08. The van der Waals surface area contributed by atoms with Crippen LogP contribution in [0.15, 0.2) is 22.7 Å². The first-order chi connectivity index (χ1) is 8.34. The van der Waals surface area contributed by atoms with Crippen LogP contribution in [0.3, 0.4) is 0 Å². The molecule has 1 aromatic rings. The summed E-state index contributed by atoms with van der Waals surface area (Å²) in [6, 6.07) is 3.63. The Hall–Kier alpha value is -1.48. The molecular formula is C12H8BrF3O2. The number of carbonyl (C=O) groups excluding carboxylic acids is 1. The highest BCUT2D eigenvalue weighted by molar-refractivity contribution is 9.10. The molecule has 18 heavy (non-hydrogen) atoms. The molecule has 0 aromatic heterocycles. The van der Waals surface area contributed by atoms with Gasteiger partial charge in [-0.05, 0) is 18.2 Å². The van der Waals surface area contributed by atoms with Crippen LogP contribution in [0.5, 0.6) is 0 Å². The fraction of sp³-hybridized carbons (Fsp3) is 0.250. The predicted molar refractivity (Wildman–Crippen MR) is 62.7 cm³/mol. The number of rotatable bonds is 1. The molecule has 0 fully saturated rings. The van der Waals surface area contributed by atoms with Gasteiger partial charge in [-0.25, -0.2) is 0 Å². The van der Waals surface area contributed by atoms with Gasteiger partial charge in [0.15, 0.2) is 0 Å². The van der Waals surface area contributed by atoms with E-state index in [2.05, 4.69) is 32.5 Å². The number of benzene rings is 1. The van der Waals surface area contributed by atoms with Gasteiger partial charge in [-0.2, -0.15) is 13.2 Å². The van der Waals surface area contributed by atoms with Gasteiger partial charge in [-0.15, -0.1) is 0 Å². The van der Waals surface area contributed by atoms with Crippen LogP contribution in [0.1, 0.15) is 17.5 Å². The highest BCUT2D eigenvalue weighted by Gasteiger charge is 2.32. The summed E-state index contributed by atoms with van der Waals surface area (Å²) in [6.07, 6.45) is -4.60. The van der Waals surface area contributed by atoms with E-state index in [1.165, 1.54) is 19.2 Å². The topological polar surface area (TPSA) is 26.3 Å². The molecule has 0 unspecified atom stereocenters. The quantitative estimate of drug-likeness (QED) is 0.585. The van der Waals surface area contributed by atoms with Crippen molar-refractivity contribution in [2.45, 2.75) is 12.6 Å². The lowest BCUT2D eigenvalue weighted by Gasteiger charge is -2.08. The van der Waals surface area contributed by atoms with Crippen LogP contribution in [0, 0.1) is 11.8 Å². The van der Waals surface area contributed by atoms with Crippen LogP contribution >= 0.6 is 15.9 Å². The van der Waals surface area contributed by atoms with Crippen molar-refractivity contribution in [1.29, 1.82) is 0 Å². The summed E-state index contributed by atoms with van der Waals surface area (Å²) in [5.74, 6) is 4.39. The van der Waals surface area contributed by atoms with Gasteiger partial charge in [0.1, 0.15) is 6.42 Å². The minimum absolute atomic E-state index is 0.0477. The summed E-state index contributed by atoms with van der Waals surface area (Å²) in [7, 11) is 1.21. The Morgan fingerprint density at radius 3 is 2.67 bits per heavy atom. The molecule has 6 heteroatoms. The summed E-state index contributed by atoms with van der Waals surface area (Å²) in [5.41, 5.74) is -0.609. The summed E-state index contributed by atoms with van der Waals surface area (Å²) in [6.45, 7) is 0. The molecule has 0 aliphatic carbocycles. The Kier molecular flexibility index (Phi) is 4.79. The van der Waals surface area contributed by atoms with Gasteiger partial charge in [0.05, 0.1) is 12.7 Å². The van der Waals surface area contributed by atoms with Crippen LogP contribution in [0.25, 0.3) is 0 Å². The maximum Gasteiger partial charge on any atom is 0.417 e. The third-order valence-corrected chi connectivity index (χ3v) is 2.66. The van der Waals surface area contributed by atoms with Crippen molar-refractivity contribution in [3.8, 4) is 11.8 Å². The molecule has 0 saturated heterocycles. The average molecular weight is 321 g/mol. The van der Waals surface area contributed by atoms with Crippen LogP contribution in [-0.4, -0.2) is 13.1 Å². The number of ether oxygens (including phenoxy) is 1. The Morgan fingerprint density at radius 1 is 1.44 bits per heavy atom. The maximum absolute atomic E-state index is 12.6. The minimum atomic E-state index is -4.45. The molecule has 0 N–H and O–H groups in total. The van der Waals surface area contributed by atoms with Crippen molar-refractivity contribution in [3.05, 3.63) is 33.8 Å². The average Bonchev–Trinajstić information content (AvgIpc) is 2.29. The van der Waals surface area contributed by atoms with Crippen LogP contribution in [-0.2, 0) is 15.7 Å². The lowest BCUT2D eigenvalue weighted by molar-refractivity contribution is -0.139. The fourth-order valence-corrected chi connectivity index (χ4v) is 1.58. The molecule has 0 saturated carbocycles. The van der Waals surface area contributed by atoms with Crippen molar-refractivity contribution < 1.29 is 22.7 Å². The highest BCUT2D eigenvalue weighted by atomic mass is 79.9. The van der Waals surface area contributed by atoms with E-state index in [4.69, 9.17) is 0 Å². The van der Waals surface area contributed by atoms with E-state index in [0.717, 1.165) is 6.07 Å². The van der Waals surface area contributed by atoms with E-state index in [1.54, 1.807) is 0 Å². The first-order valence-corrected chi connectivity index (χ1v) is 5.56. The van der Waals surface area contributed by atoms with E-state index in [0.29, 0.717) is 0 Å². The standard InChI is InChI=1S/C12H8BrF3O2/c1-18-11(17)4-2-3-8-5-6-10(13)9(7-8)12(14,15)16/h5-7H,4H2,1H3. The smallest absolute Gasteiger partial charge is 0.417 e. The maximum atomic E-state index is 12.6. The first-order valence-electron chi connectivity index (χ1n) is 4.77. The Morgan fingerprint density at radius 2 is 2.11 bits per heavy atom. The van der Waals surface area contributed by atoms with Gasteiger partial charge >= 0.3 is 12.1 Å². The molecule has 0 bridgehead atoms. The molecule has 0 aliphatic heterocycles. The number of methoxy groups -OCH3 is 1. The number of alkyl halides is 3. The third-order valence-electron chi connectivity index (χ3n) is 1.96. The second-order valence-corrected chi connectivity index (χ2v) is 4.10. The van der Waals surface area contributed by atoms with Crippen molar-refractivity contribution in [2.24, 2.45) is 0 Å². The van der Waals surface area contributed by atoms with E-state index in [1.807, 2.05) is 0 Å². The van der Waals surface area contributed by atoms with Gasteiger partial charge in [-0.1, -0.05) is 27.8 Å². The number of carbonyl (C=O) groups is 1. The van der Waals surface area contributed by atoms with Crippen molar-refractivity contribution in [3.63, 3.8) is 0 Å². The van der Waals surface area contributed by atoms with Crippen molar-refractivity contribution in [1.82, 2.24) is 0 Å². The number of hydrogen-bond donors (Lipinski definition) is 0. The Bertz CT molecular complexity index is 512. The Balaban J connectivity index is 2.96. The highest BCUT2D eigenvalue weighted by Crippen LogP contribution is 2.35. The molecule has 1 rings (SSSR count). The molecule has 0 radical (unpaired) electrons. The van der Waals surface area contributed by atoms with Crippen LogP contribution < -0.4 is 0 Å². The largest absolute Gasteiger partial charge is 0.468 e. The molecule has 0 atom stereocenters. The second-order valence-electron chi connectivity index (χ2n) is 3.25. The molecule has 1 aromatic carbocycles. The van der Waals surface area contributed by atoms with Crippen molar-refractivity contribution in [2.75, 3.05) is 7.11 Å². The van der Waals surface area contributed by atoms with Gasteiger partial charge < -0.3 is 4.74 Å². The minimum Gasteiger partial charge on any atom is -0.468 e. The zero-order chi connectivity index (χ0) is 13.8. The van der Waals surface area contributed by atoms with Gasteiger partial charge in [-0.3, -0.25) is 4.79 Å². The molecule has 0 spiro atoms. The summed E-state index contributed by atoms with van der Waals surface area (Å²) >= 11 is 2.83. The summed E-state index contributed by atoms with van der Waals surface area (Å²) in [5, 5.41) is 0. The lowest BCUT2D eigenvalue weighted by Crippen LogP contribution is -2.06. The van der Waals surface area contributed by atoms with E-state index < -0.39 is 17.7 Å². The zero-order valence-electron chi connectivity index (χ0n) is 9.27. The SMILES string of the molecule is COC(=O)CC#Cc1ccc(Br)c(C(F)(F)F)c1. The summed E-state index contributed by atoms with van der Waals surface area (Å²) < 4.78 is 42.1. The number of hydrogen-bond acceptors (Lipinski definition) is 2. The first kappa shape index (κ1) is 14.6. The van der Waals surface area contributed by atoms with Crippen LogP contribution in [0.4, 0.5) is 13.2 Å². The molecule has 2 nitrogen and oxygen atoms in total. The molecule has 96 valence electrons. The van der Waals surface area contributed by atoms with Gasteiger partial charge in [0.25, 0.3) is 0 Å². The molecule has 0 aliphatic rings. The monoisotopic (exact) mass is 320 g/mol. The Labute approximate surface area is 110 Å². The van der Waals surface area contributed by atoms with E-state index in [9.17, 15) is 18.0 Å². The fourth-order valence-electron chi connectivity index (χ4n) is 1.11. The van der Waals surface area contributed by atoms with Gasteiger partial charge in [0, 0.05) is 10.0 Å². The van der Waals surface area contributed by atoms with Crippen LogP contribution in [0.2, 0.25) is 0 Å². The molecule has 0 heterocycles. The van der Waals surface area contributed by atoms with Gasteiger partial charge in [0.2, 0.25) is 0 Å². The molecular weight excluding hydrogens is 313 g/mol. The zero-order valence-corrected chi connectivity index (χ0v) is 10.9. The normalized spacial score (nSPS) is 10.5. The summed E-state index contributed by atoms with van der Waals surface area (Å²) in [4.78, 5) is 10.8. The lowest BCUT2D eigenvalue weighted by atomic mass is 10.1. The predicted octanol–water partition coefficient (Wildman–Crippen LogP) is 3.38. The number of halogens is 4. The van der Waals surface area contributed by atoms with Crippen molar-refractivity contribution >= 4 is 21.9 Å². The second kappa shape index (κ2) is 5.91. The molecule has 0 amide bonds. The van der Waals surface area contributed by atoms with E-state index >= 15 is 0 Å². The number of esters is 1.